The lowest BCUT2D eigenvalue weighted by atomic mass is 9.81. The van der Waals surface area contributed by atoms with Crippen molar-refractivity contribution < 1.29 is 23.8 Å². The number of hydrogen-bond donors (Lipinski definition) is 1. The number of hydrogen-bond acceptors (Lipinski definition) is 8. The van der Waals surface area contributed by atoms with Crippen LogP contribution >= 0.6 is 23.2 Å². The molecule has 0 spiro atoms. The van der Waals surface area contributed by atoms with E-state index in [0.29, 0.717) is 70.1 Å². The summed E-state index contributed by atoms with van der Waals surface area (Å²) in [4.78, 5) is 37.9. The summed E-state index contributed by atoms with van der Waals surface area (Å²) in [5, 5.41) is 3.82. The molecule has 1 aliphatic carbocycles. The highest BCUT2D eigenvalue weighted by Gasteiger charge is 2.42. The van der Waals surface area contributed by atoms with Gasteiger partial charge in [-0.15, -0.1) is 0 Å². The number of esters is 1. The molecule has 0 radical (unpaired) electrons. The van der Waals surface area contributed by atoms with Gasteiger partial charge in [-0.25, -0.2) is 9.78 Å². The first-order valence-electron chi connectivity index (χ1n) is 14.5. The highest BCUT2D eigenvalue weighted by Crippen LogP contribution is 2.38. The van der Waals surface area contributed by atoms with E-state index in [1.807, 2.05) is 21.0 Å². The molecule has 43 heavy (non-hydrogen) atoms. The van der Waals surface area contributed by atoms with Crippen molar-refractivity contribution in [1.82, 2.24) is 20.2 Å². The molecule has 0 unspecified atom stereocenters. The normalized spacial score (nSPS) is 14.3. The summed E-state index contributed by atoms with van der Waals surface area (Å²) in [5.41, 5.74) is 1.01. The molecule has 4 rings (SSSR count). The molecule has 1 aromatic heterocycles. The van der Waals surface area contributed by atoms with E-state index in [9.17, 15) is 9.59 Å². The number of methoxy groups -OCH3 is 1. The van der Waals surface area contributed by atoms with Crippen molar-refractivity contribution in [1.29, 1.82) is 0 Å². The van der Waals surface area contributed by atoms with E-state index >= 15 is 0 Å². The zero-order chi connectivity index (χ0) is 31.0. The van der Waals surface area contributed by atoms with Gasteiger partial charge in [-0.3, -0.25) is 9.78 Å². The fourth-order valence-corrected chi connectivity index (χ4v) is 5.55. The Morgan fingerprint density at radius 3 is 2.44 bits per heavy atom. The van der Waals surface area contributed by atoms with Crippen LogP contribution in [0.25, 0.3) is 22.5 Å². The molecule has 230 valence electrons. The second kappa shape index (κ2) is 14.9. The van der Waals surface area contributed by atoms with Crippen LogP contribution in [-0.4, -0.2) is 73.2 Å². The van der Waals surface area contributed by atoms with E-state index in [1.165, 1.54) is 13.3 Å². The molecular weight excluding hydrogens is 591 g/mol. The van der Waals surface area contributed by atoms with Gasteiger partial charge in [-0.05, 0) is 70.6 Å². The maximum absolute atomic E-state index is 13.6. The average Bonchev–Trinajstić information content (AvgIpc) is 3.01. The molecule has 0 saturated heterocycles. The van der Waals surface area contributed by atoms with Gasteiger partial charge in [0.1, 0.15) is 22.7 Å². The number of rotatable bonds is 12. The Bertz CT molecular complexity index is 1440. The van der Waals surface area contributed by atoms with Crippen LogP contribution in [0.4, 0.5) is 0 Å². The number of amides is 1. The van der Waals surface area contributed by atoms with Crippen molar-refractivity contribution in [3.63, 3.8) is 0 Å². The Labute approximate surface area is 262 Å². The minimum absolute atomic E-state index is 0.0492. The molecule has 9 nitrogen and oxygen atoms in total. The molecule has 3 aromatic rings. The minimum Gasteiger partial charge on any atom is -0.494 e. The van der Waals surface area contributed by atoms with Crippen molar-refractivity contribution in [3.05, 3.63) is 58.3 Å². The van der Waals surface area contributed by atoms with Crippen molar-refractivity contribution in [3.8, 4) is 34.0 Å². The van der Waals surface area contributed by atoms with E-state index in [-0.39, 0.29) is 5.69 Å². The van der Waals surface area contributed by atoms with E-state index in [2.05, 4.69) is 15.2 Å². The number of nitrogens with one attached hydrogen (secondary N) is 1. The molecule has 11 heteroatoms. The third kappa shape index (κ3) is 7.96. The van der Waals surface area contributed by atoms with Crippen molar-refractivity contribution in [2.45, 2.75) is 51.0 Å². The minimum atomic E-state index is -1.10. The van der Waals surface area contributed by atoms with Gasteiger partial charge in [0, 0.05) is 17.7 Å². The molecular formula is C32H38Cl2N4O5. The van der Waals surface area contributed by atoms with Crippen LogP contribution in [0.1, 0.15) is 55.9 Å². The van der Waals surface area contributed by atoms with Gasteiger partial charge >= 0.3 is 5.97 Å². The monoisotopic (exact) mass is 628 g/mol. The summed E-state index contributed by atoms with van der Waals surface area (Å²) in [5.74, 6) is 0.130. The highest BCUT2D eigenvalue weighted by atomic mass is 35.5. The van der Waals surface area contributed by atoms with Crippen LogP contribution < -0.4 is 14.8 Å². The third-order valence-electron chi connectivity index (χ3n) is 7.36. The molecule has 1 saturated carbocycles. The summed E-state index contributed by atoms with van der Waals surface area (Å²) in [6.45, 7) is 3.71. The zero-order valence-corrected chi connectivity index (χ0v) is 26.6. The number of halogens is 2. The van der Waals surface area contributed by atoms with E-state index in [4.69, 9.17) is 42.4 Å². The number of benzene rings is 2. The topological polar surface area (TPSA) is 103 Å². The summed E-state index contributed by atoms with van der Waals surface area (Å²) < 4.78 is 16.8. The predicted octanol–water partition coefficient (Wildman–Crippen LogP) is 6.45. The first-order valence-corrected chi connectivity index (χ1v) is 15.2. The molecule has 1 amide bonds. The lowest BCUT2D eigenvalue weighted by molar-refractivity contribution is -0.149. The lowest BCUT2D eigenvalue weighted by Gasteiger charge is -2.35. The number of carbonyl (C=O) groups is 2. The van der Waals surface area contributed by atoms with E-state index in [1.54, 1.807) is 36.4 Å². The van der Waals surface area contributed by atoms with Gasteiger partial charge in [0.25, 0.3) is 5.91 Å². The third-order valence-corrected chi connectivity index (χ3v) is 8.00. The van der Waals surface area contributed by atoms with Crippen LogP contribution in [0.2, 0.25) is 10.0 Å². The Morgan fingerprint density at radius 2 is 1.74 bits per heavy atom. The summed E-state index contributed by atoms with van der Waals surface area (Å²) >= 11 is 13.1. The largest absolute Gasteiger partial charge is 0.494 e. The second-order valence-corrected chi connectivity index (χ2v) is 11.6. The first kappa shape index (κ1) is 32.5. The fourth-order valence-electron chi connectivity index (χ4n) is 5.18. The summed E-state index contributed by atoms with van der Waals surface area (Å²) in [6.07, 6.45) is 5.80. The van der Waals surface area contributed by atoms with Crippen LogP contribution in [0.3, 0.4) is 0 Å². The lowest BCUT2D eigenvalue weighted by Crippen LogP contribution is -2.56. The molecule has 1 aliphatic rings. The Kier molecular flexibility index (Phi) is 11.2. The zero-order valence-electron chi connectivity index (χ0n) is 25.0. The molecule has 1 heterocycles. The number of nitrogens with zero attached hydrogens (tertiary/aromatic N) is 3. The predicted molar refractivity (Wildman–Crippen MR) is 168 cm³/mol. The molecule has 0 bridgehead atoms. The van der Waals surface area contributed by atoms with Crippen molar-refractivity contribution >= 4 is 35.1 Å². The maximum Gasteiger partial charge on any atom is 0.331 e. The van der Waals surface area contributed by atoms with Crippen LogP contribution in [0, 0.1) is 0 Å². The number of carbonyl (C=O) groups excluding carboxylic acids is 2. The molecule has 0 atom stereocenters. The van der Waals surface area contributed by atoms with Gasteiger partial charge in [0.05, 0.1) is 48.0 Å². The first-order chi connectivity index (χ1) is 20.7. The quantitative estimate of drug-likeness (QED) is 0.180. The van der Waals surface area contributed by atoms with Crippen molar-refractivity contribution in [2.75, 3.05) is 41.0 Å². The van der Waals surface area contributed by atoms with Crippen molar-refractivity contribution in [2.24, 2.45) is 0 Å². The Hall–Kier alpha value is -3.40. The van der Waals surface area contributed by atoms with E-state index in [0.717, 1.165) is 32.2 Å². The molecule has 0 aliphatic heterocycles. The Morgan fingerprint density at radius 1 is 1.00 bits per heavy atom. The van der Waals surface area contributed by atoms with Gasteiger partial charge in [0.15, 0.2) is 0 Å². The molecule has 1 fully saturated rings. The molecule has 1 N–H and O–H groups in total. The van der Waals surface area contributed by atoms with E-state index < -0.39 is 17.4 Å². The average molecular weight is 630 g/mol. The van der Waals surface area contributed by atoms with Gasteiger partial charge in [-0.1, -0.05) is 48.5 Å². The van der Waals surface area contributed by atoms with Crippen LogP contribution in [0.5, 0.6) is 11.5 Å². The standard InChI is InChI=1S/C32H38Cl2N4O5/c1-5-42-22-11-13-24(33)23(19-22)29-28(21-10-12-25(34)27(18-21)43-17-9-16-38(2)3)36-26(20-35-29)30(39)37-32(31(40)41-4)14-7-6-8-15-32/h10-13,18-20H,5-9,14-17H2,1-4H3,(H,37,39). The van der Waals surface area contributed by atoms with Gasteiger partial charge in [-0.2, -0.15) is 0 Å². The number of ether oxygens (including phenoxy) is 3. The maximum atomic E-state index is 13.6. The SMILES string of the molecule is CCOc1ccc(Cl)c(-c2ncc(C(=O)NC3(C(=O)OC)CCCCC3)nc2-c2ccc(Cl)c(OCCCN(C)C)c2)c1. The van der Waals surface area contributed by atoms with Gasteiger partial charge < -0.3 is 24.4 Å². The summed E-state index contributed by atoms with van der Waals surface area (Å²) in [6, 6.07) is 10.6. The fraction of sp³-hybridized carbons (Fsp3) is 0.438. The molecule has 2 aromatic carbocycles. The van der Waals surface area contributed by atoms with Gasteiger partial charge in [0.2, 0.25) is 0 Å². The number of aromatic nitrogens is 2. The smallest absolute Gasteiger partial charge is 0.331 e. The summed E-state index contributed by atoms with van der Waals surface area (Å²) in [7, 11) is 5.34. The Balaban J connectivity index is 1.77. The van der Waals surface area contributed by atoms with Crippen LogP contribution in [0.15, 0.2) is 42.6 Å². The second-order valence-electron chi connectivity index (χ2n) is 10.8. The van der Waals surface area contributed by atoms with Crippen LogP contribution in [-0.2, 0) is 9.53 Å². The highest BCUT2D eigenvalue weighted by molar-refractivity contribution is 6.33.